The lowest BCUT2D eigenvalue weighted by atomic mass is 10.1. The minimum Gasteiger partial charge on any atom is -0.350 e. The number of rotatable bonds is 10. The minimum absolute atomic E-state index is 0.533. The van der Waals surface area contributed by atoms with Gasteiger partial charge >= 0.3 is 6.03 Å². The van der Waals surface area contributed by atoms with E-state index in [4.69, 9.17) is 5.73 Å². The highest BCUT2D eigenvalue weighted by Crippen LogP contribution is 2.09. The van der Waals surface area contributed by atoms with E-state index >= 15 is 0 Å². The van der Waals surface area contributed by atoms with Gasteiger partial charge in [0.1, 0.15) is 0 Å². The number of hydrogen-bond acceptors (Lipinski definition) is 1. The van der Waals surface area contributed by atoms with E-state index < -0.39 is 6.03 Å². The molecule has 0 rings (SSSR count). The number of carbonyl (C=O) groups excluding carboxylic acids is 1. The number of urea groups is 1. The summed E-state index contributed by atoms with van der Waals surface area (Å²) in [7, 11) is 0. The van der Waals surface area contributed by atoms with Gasteiger partial charge in [0.15, 0.2) is 0 Å². The molecule has 0 heterocycles. The van der Waals surface area contributed by atoms with Gasteiger partial charge in [0.2, 0.25) is 0 Å². The van der Waals surface area contributed by atoms with Crippen molar-refractivity contribution >= 4 is 6.03 Å². The second-order valence-corrected chi connectivity index (χ2v) is 4.05. The Morgan fingerprint density at radius 2 is 1.40 bits per heavy atom. The van der Waals surface area contributed by atoms with Crippen molar-refractivity contribution in [3.63, 3.8) is 0 Å². The molecule has 0 atom stereocenters. The molecule has 0 saturated carbocycles. The fourth-order valence-corrected chi connectivity index (χ4v) is 1.61. The molecule has 2 N–H and O–H groups in total. The van der Waals surface area contributed by atoms with Crippen LogP contribution >= 0.6 is 0 Å². The highest BCUT2D eigenvalue weighted by atomic mass is 16.2. The van der Waals surface area contributed by atoms with Gasteiger partial charge in [-0.1, -0.05) is 58.3 Å². The van der Waals surface area contributed by atoms with Gasteiger partial charge in [0.05, 0.1) is 0 Å². The van der Waals surface area contributed by atoms with Crippen LogP contribution in [0.3, 0.4) is 0 Å². The van der Waals surface area contributed by atoms with Gasteiger partial charge in [-0.15, -0.1) is 0 Å². The van der Waals surface area contributed by atoms with E-state index in [1.807, 2.05) is 0 Å². The maximum Gasteiger partial charge on any atom is 0.333 e. The highest BCUT2D eigenvalue weighted by molar-refractivity contribution is 5.71. The number of nitrogens with zero attached hydrogens (tertiary/aromatic N) is 1. The van der Waals surface area contributed by atoms with E-state index in [0.29, 0.717) is 6.54 Å². The van der Waals surface area contributed by atoms with Gasteiger partial charge in [0, 0.05) is 6.54 Å². The monoisotopic (exact) mass is 213 g/mol. The molecule has 0 aromatic rings. The molecule has 3 nitrogen and oxygen atoms in total. The fraction of sp³-hybridized carbons (Fsp3) is 0.917. The average Bonchev–Trinajstić information content (AvgIpc) is 2.20. The van der Waals surface area contributed by atoms with E-state index in [9.17, 15) is 4.79 Å². The number of carbonyl (C=O) groups is 1. The maximum absolute atomic E-state index is 10.3. The molecule has 0 aromatic heterocycles. The Balaban J connectivity index is 2.89. The van der Waals surface area contributed by atoms with Crippen molar-refractivity contribution in [2.45, 2.75) is 64.7 Å². The molecule has 89 valence electrons. The van der Waals surface area contributed by atoms with Crippen LogP contribution in [0.1, 0.15) is 64.7 Å². The van der Waals surface area contributed by atoms with Crippen LogP contribution in [0.4, 0.5) is 4.79 Å². The van der Waals surface area contributed by atoms with E-state index in [2.05, 4.69) is 12.2 Å². The quantitative estimate of drug-likeness (QED) is 0.557. The van der Waals surface area contributed by atoms with Crippen LogP contribution < -0.4 is 11.1 Å². The summed E-state index contributed by atoms with van der Waals surface area (Å²) < 4.78 is 0. The Morgan fingerprint density at radius 1 is 0.933 bits per heavy atom. The third-order valence-corrected chi connectivity index (χ3v) is 2.53. The Bertz CT molecular complexity index is 149. The predicted octanol–water partition coefficient (Wildman–Crippen LogP) is 3.20. The average molecular weight is 213 g/mol. The van der Waals surface area contributed by atoms with Crippen LogP contribution in [-0.4, -0.2) is 12.6 Å². The van der Waals surface area contributed by atoms with Crippen molar-refractivity contribution in [3.8, 4) is 0 Å². The normalized spacial score (nSPS) is 10.2. The zero-order valence-electron chi connectivity index (χ0n) is 10.0. The molecule has 0 bridgehead atoms. The summed E-state index contributed by atoms with van der Waals surface area (Å²) in [6.45, 7) is 2.84. The van der Waals surface area contributed by atoms with Crippen molar-refractivity contribution in [1.29, 1.82) is 0 Å². The Morgan fingerprint density at radius 3 is 1.87 bits per heavy atom. The summed E-state index contributed by atoms with van der Waals surface area (Å²) in [6.07, 6.45) is 11.6. The number of amides is 2. The maximum atomic E-state index is 10.3. The summed E-state index contributed by atoms with van der Waals surface area (Å²) in [6, 6.07) is -0.533. The van der Waals surface area contributed by atoms with E-state index in [1.165, 1.54) is 51.4 Å². The molecule has 0 aliphatic rings. The lowest BCUT2D eigenvalue weighted by molar-refractivity contribution is 0.248. The van der Waals surface area contributed by atoms with Gasteiger partial charge in [-0.3, -0.25) is 0 Å². The lowest BCUT2D eigenvalue weighted by Crippen LogP contribution is -2.23. The molecule has 2 amide bonds. The minimum atomic E-state index is -0.533. The van der Waals surface area contributed by atoms with Crippen molar-refractivity contribution in [2.75, 3.05) is 6.54 Å². The topological polar surface area (TPSA) is 57.2 Å². The number of unbranched alkanes of at least 4 members (excludes halogenated alkanes) is 8. The lowest BCUT2D eigenvalue weighted by Gasteiger charge is -2.01. The molecule has 15 heavy (non-hydrogen) atoms. The van der Waals surface area contributed by atoms with Gasteiger partial charge in [-0.05, 0) is 6.42 Å². The second kappa shape index (κ2) is 11.3. The summed E-state index contributed by atoms with van der Waals surface area (Å²) >= 11 is 0. The van der Waals surface area contributed by atoms with Crippen LogP contribution in [0.25, 0.3) is 0 Å². The van der Waals surface area contributed by atoms with Crippen molar-refractivity contribution in [1.82, 2.24) is 5.32 Å². The number of hydrogen-bond donors (Lipinski definition) is 1. The SMILES string of the molecule is CCCCCCCCCCC[N]C(N)=O. The van der Waals surface area contributed by atoms with Crippen molar-refractivity contribution < 1.29 is 4.79 Å². The van der Waals surface area contributed by atoms with Gasteiger partial charge in [-0.2, -0.15) is 0 Å². The first-order valence-corrected chi connectivity index (χ1v) is 6.24. The summed E-state index contributed by atoms with van der Waals surface area (Å²) in [4.78, 5) is 10.3. The summed E-state index contributed by atoms with van der Waals surface area (Å²) in [5, 5.41) is 3.62. The van der Waals surface area contributed by atoms with E-state index in [1.54, 1.807) is 0 Å². The third kappa shape index (κ3) is 13.3. The molecule has 0 saturated heterocycles. The fourth-order valence-electron chi connectivity index (χ4n) is 1.61. The molecule has 3 heteroatoms. The zero-order chi connectivity index (χ0) is 11.4. The largest absolute Gasteiger partial charge is 0.350 e. The van der Waals surface area contributed by atoms with Crippen LogP contribution in [0.15, 0.2) is 0 Å². The van der Waals surface area contributed by atoms with Gasteiger partial charge < -0.3 is 5.73 Å². The van der Waals surface area contributed by atoms with Crippen LogP contribution in [0, 0.1) is 0 Å². The molecule has 0 spiro atoms. The summed E-state index contributed by atoms with van der Waals surface area (Å²) in [5.74, 6) is 0. The number of primary amides is 1. The predicted molar refractivity (Wildman–Crippen MR) is 63.8 cm³/mol. The summed E-state index contributed by atoms with van der Waals surface area (Å²) in [5.41, 5.74) is 4.90. The van der Waals surface area contributed by atoms with Crippen LogP contribution in [-0.2, 0) is 0 Å². The zero-order valence-corrected chi connectivity index (χ0v) is 10.0. The molecule has 0 aliphatic heterocycles. The highest BCUT2D eigenvalue weighted by Gasteiger charge is 1.94. The van der Waals surface area contributed by atoms with Crippen LogP contribution in [0.2, 0.25) is 0 Å². The first-order valence-electron chi connectivity index (χ1n) is 6.24. The molecular weight excluding hydrogens is 188 g/mol. The molecular formula is C12H25N2O. The van der Waals surface area contributed by atoms with Gasteiger partial charge in [0.25, 0.3) is 0 Å². The van der Waals surface area contributed by atoms with Gasteiger partial charge in [-0.25, -0.2) is 10.1 Å². The van der Waals surface area contributed by atoms with Crippen molar-refractivity contribution in [3.05, 3.63) is 0 Å². The third-order valence-electron chi connectivity index (χ3n) is 2.53. The number of nitrogens with two attached hydrogens (primary N) is 1. The Hall–Kier alpha value is -0.730. The molecule has 1 radical (unpaired) electrons. The standard InChI is InChI=1S/C12H25N2O/c1-2-3-4-5-6-7-8-9-10-11-14-12(13)15/h2-11H2,1H3,(H2,13,15). The Kier molecular flexibility index (Phi) is 10.8. The first kappa shape index (κ1) is 14.3. The first-order chi connectivity index (χ1) is 7.27. The van der Waals surface area contributed by atoms with E-state index in [-0.39, 0.29) is 0 Å². The van der Waals surface area contributed by atoms with Crippen molar-refractivity contribution in [2.24, 2.45) is 5.73 Å². The van der Waals surface area contributed by atoms with Crippen LogP contribution in [0.5, 0.6) is 0 Å². The van der Waals surface area contributed by atoms with E-state index in [0.717, 1.165) is 6.42 Å². The Labute approximate surface area is 93.8 Å². The second-order valence-electron chi connectivity index (χ2n) is 4.05. The molecule has 0 aromatic carbocycles. The smallest absolute Gasteiger partial charge is 0.333 e. The molecule has 0 aliphatic carbocycles. The molecule has 0 fully saturated rings. The molecule has 0 unspecified atom stereocenters.